The zero-order valence-corrected chi connectivity index (χ0v) is 23.3. The van der Waals surface area contributed by atoms with E-state index in [9.17, 15) is 18.3 Å². The first kappa shape index (κ1) is 26.1. The minimum Gasteiger partial charge on any atom is -0.393 e. The Labute approximate surface area is 229 Å². The molecular weight excluding hydrogens is 520 g/mol. The van der Waals surface area contributed by atoms with Gasteiger partial charge in [0.05, 0.1) is 29.2 Å². The second-order valence-electron chi connectivity index (χ2n) is 11.4. The van der Waals surface area contributed by atoms with Gasteiger partial charge in [-0.1, -0.05) is 30.2 Å². The molecule has 38 heavy (non-hydrogen) atoms. The van der Waals surface area contributed by atoms with Gasteiger partial charge in [0, 0.05) is 39.4 Å². The molecule has 0 spiro atoms. The quantitative estimate of drug-likeness (QED) is 0.384. The first-order chi connectivity index (χ1) is 18.2. The Morgan fingerprint density at radius 3 is 2.37 bits per heavy atom. The van der Waals surface area contributed by atoms with Crippen molar-refractivity contribution < 1.29 is 18.3 Å². The molecule has 3 fully saturated rings. The standard InChI is InChI=1S/C30H35ClN2O4S/c1-19-30(29(35)18-32-23-3-2-4-24(32)17-25(34)16-23)27-12-5-20(13-14-38(36,37)26-10-11-26)15-28(27)33(19)22-8-6-21(31)7-9-22/h5-9,12,15,23-26,34H,2-4,10-11,13-14,16-18H2,1H3. The number of aliphatic hydroxyl groups excluding tert-OH is 1. The van der Waals surface area contributed by atoms with Crippen LogP contribution < -0.4 is 0 Å². The molecule has 3 aromatic rings. The molecule has 3 heterocycles. The first-order valence-corrected chi connectivity index (χ1v) is 15.9. The molecular formula is C30H35ClN2O4S. The summed E-state index contributed by atoms with van der Waals surface area (Å²) in [6, 6.07) is 14.1. The van der Waals surface area contributed by atoms with Gasteiger partial charge in [-0.25, -0.2) is 8.42 Å². The van der Waals surface area contributed by atoms with Crippen LogP contribution in [0.15, 0.2) is 42.5 Å². The van der Waals surface area contributed by atoms with Gasteiger partial charge in [-0.3, -0.25) is 9.69 Å². The van der Waals surface area contributed by atoms with Crippen LogP contribution in [-0.2, 0) is 16.3 Å². The maximum absolute atomic E-state index is 14.0. The molecule has 202 valence electrons. The van der Waals surface area contributed by atoms with E-state index in [0.29, 0.717) is 18.0 Å². The Kier molecular flexibility index (Phi) is 6.92. The van der Waals surface area contributed by atoms with Crippen molar-refractivity contribution in [2.75, 3.05) is 12.3 Å². The van der Waals surface area contributed by atoms with Crippen LogP contribution >= 0.6 is 11.6 Å². The van der Waals surface area contributed by atoms with Gasteiger partial charge in [0.2, 0.25) is 0 Å². The number of rotatable bonds is 8. The number of aryl methyl sites for hydroxylation is 1. The average Bonchev–Trinajstić information content (AvgIpc) is 3.69. The highest BCUT2D eigenvalue weighted by molar-refractivity contribution is 7.92. The lowest BCUT2D eigenvalue weighted by Crippen LogP contribution is -2.54. The lowest BCUT2D eigenvalue weighted by molar-refractivity contribution is -0.0225. The van der Waals surface area contributed by atoms with E-state index in [1.54, 1.807) is 0 Å². The number of carbonyl (C=O) groups is 1. The fourth-order valence-electron chi connectivity index (χ4n) is 6.70. The summed E-state index contributed by atoms with van der Waals surface area (Å²) < 4.78 is 27.1. The number of piperidine rings is 2. The third-order valence-corrected chi connectivity index (χ3v) is 11.3. The molecule has 0 amide bonds. The topological polar surface area (TPSA) is 79.6 Å². The first-order valence-electron chi connectivity index (χ1n) is 13.8. The van der Waals surface area contributed by atoms with Gasteiger partial charge < -0.3 is 9.67 Å². The van der Waals surface area contributed by atoms with Crippen molar-refractivity contribution >= 4 is 38.1 Å². The summed E-state index contributed by atoms with van der Waals surface area (Å²) >= 11 is 6.17. The van der Waals surface area contributed by atoms with Crippen LogP contribution in [0, 0.1) is 6.92 Å². The molecule has 2 aliphatic heterocycles. The molecule has 2 saturated heterocycles. The number of aromatic nitrogens is 1. The Morgan fingerprint density at radius 1 is 1.03 bits per heavy atom. The maximum Gasteiger partial charge on any atom is 0.179 e. The summed E-state index contributed by atoms with van der Waals surface area (Å²) in [7, 11) is -3.05. The van der Waals surface area contributed by atoms with Crippen LogP contribution in [-0.4, -0.2) is 64.5 Å². The fraction of sp³-hybridized carbons (Fsp3) is 0.500. The third kappa shape index (κ3) is 4.94. The smallest absolute Gasteiger partial charge is 0.179 e. The second kappa shape index (κ2) is 10.1. The van der Waals surface area contributed by atoms with Crippen LogP contribution in [0.1, 0.15) is 66.6 Å². The lowest BCUT2D eigenvalue weighted by atomic mass is 9.82. The summed E-state index contributed by atoms with van der Waals surface area (Å²) in [4.78, 5) is 16.3. The number of nitrogens with zero attached hydrogens (tertiary/aromatic N) is 2. The SMILES string of the molecule is Cc1c(C(=O)CN2C3CCCC2CC(O)C3)c2ccc(CCS(=O)(=O)C3CC3)cc2n1-c1ccc(Cl)cc1. The molecule has 2 aromatic carbocycles. The minimum atomic E-state index is -3.05. The minimum absolute atomic E-state index is 0.0950. The summed E-state index contributed by atoms with van der Waals surface area (Å²) in [5.74, 6) is 0.247. The average molecular weight is 555 g/mol. The van der Waals surface area contributed by atoms with Crippen molar-refractivity contribution in [1.82, 2.24) is 9.47 Å². The molecule has 0 radical (unpaired) electrons. The van der Waals surface area contributed by atoms with E-state index in [-0.39, 0.29) is 35.0 Å². The van der Waals surface area contributed by atoms with E-state index in [1.807, 2.05) is 49.4 Å². The van der Waals surface area contributed by atoms with E-state index in [1.165, 1.54) is 0 Å². The largest absolute Gasteiger partial charge is 0.393 e. The van der Waals surface area contributed by atoms with E-state index in [2.05, 4.69) is 9.47 Å². The van der Waals surface area contributed by atoms with Crippen LogP contribution in [0.3, 0.4) is 0 Å². The highest BCUT2D eigenvalue weighted by Crippen LogP contribution is 2.36. The highest BCUT2D eigenvalue weighted by atomic mass is 35.5. The zero-order valence-electron chi connectivity index (χ0n) is 21.8. The number of aliphatic hydroxyl groups is 1. The number of hydrogen-bond donors (Lipinski definition) is 1. The van der Waals surface area contributed by atoms with Gasteiger partial charge in [0.15, 0.2) is 15.6 Å². The zero-order chi connectivity index (χ0) is 26.6. The number of fused-ring (bicyclic) bond motifs is 3. The fourth-order valence-corrected chi connectivity index (χ4v) is 8.53. The predicted octanol–water partition coefficient (Wildman–Crippen LogP) is 5.27. The van der Waals surface area contributed by atoms with Gasteiger partial charge in [-0.2, -0.15) is 0 Å². The maximum atomic E-state index is 14.0. The van der Waals surface area contributed by atoms with Gasteiger partial charge in [-0.05, 0) is 87.8 Å². The Hall–Kier alpha value is -2.19. The predicted molar refractivity (Wildman–Crippen MR) is 151 cm³/mol. The lowest BCUT2D eigenvalue weighted by Gasteiger charge is -2.47. The number of sulfone groups is 1. The van der Waals surface area contributed by atoms with Gasteiger partial charge in [0.1, 0.15) is 0 Å². The van der Waals surface area contributed by atoms with Crippen molar-refractivity contribution in [2.45, 2.75) is 81.7 Å². The van der Waals surface area contributed by atoms with E-state index >= 15 is 0 Å². The van der Waals surface area contributed by atoms with E-state index in [4.69, 9.17) is 11.6 Å². The van der Waals surface area contributed by atoms with E-state index < -0.39 is 9.84 Å². The Bertz CT molecular complexity index is 1460. The summed E-state index contributed by atoms with van der Waals surface area (Å²) in [6.45, 7) is 2.34. The summed E-state index contributed by atoms with van der Waals surface area (Å²) in [6.07, 6.45) is 6.44. The van der Waals surface area contributed by atoms with Crippen molar-refractivity contribution in [3.05, 3.63) is 64.3 Å². The second-order valence-corrected chi connectivity index (χ2v) is 14.2. The van der Waals surface area contributed by atoms with Crippen LogP contribution in [0.2, 0.25) is 5.02 Å². The number of Topliss-reactive ketones (excluding diaryl/α,β-unsaturated/α-hetero) is 1. The molecule has 3 aliphatic rings. The van der Waals surface area contributed by atoms with Crippen molar-refractivity contribution in [3.63, 3.8) is 0 Å². The molecule has 1 N–H and O–H groups in total. The number of hydrogen-bond acceptors (Lipinski definition) is 5. The number of ketones is 1. The molecule has 2 bridgehead atoms. The molecule has 6 rings (SSSR count). The Balaban J connectivity index is 1.37. The molecule has 2 unspecified atom stereocenters. The van der Waals surface area contributed by atoms with Gasteiger partial charge in [-0.15, -0.1) is 0 Å². The van der Waals surface area contributed by atoms with Crippen LogP contribution in [0.5, 0.6) is 0 Å². The van der Waals surface area contributed by atoms with Crippen molar-refractivity contribution in [3.8, 4) is 5.69 Å². The molecule has 1 aromatic heterocycles. The Morgan fingerprint density at radius 2 is 1.71 bits per heavy atom. The van der Waals surface area contributed by atoms with Crippen LogP contribution in [0.4, 0.5) is 0 Å². The molecule has 6 nitrogen and oxygen atoms in total. The highest BCUT2D eigenvalue weighted by Gasteiger charge is 2.39. The van der Waals surface area contributed by atoms with Gasteiger partial charge in [0.25, 0.3) is 0 Å². The van der Waals surface area contributed by atoms with E-state index in [0.717, 1.165) is 78.4 Å². The summed E-state index contributed by atoms with van der Waals surface area (Å²) in [5.41, 5.74) is 4.36. The van der Waals surface area contributed by atoms with Crippen LogP contribution in [0.25, 0.3) is 16.6 Å². The number of halogens is 1. The van der Waals surface area contributed by atoms with Crippen molar-refractivity contribution in [1.29, 1.82) is 0 Å². The molecule has 8 heteroatoms. The molecule has 1 saturated carbocycles. The summed E-state index contributed by atoms with van der Waals surface area (Å²) in [5, 5.41) is 11.7. The third-order valence-electron chi connectivity index (χ3n) is 8.77. The number of benzene rings is 2. The molecule has 2 atom stereocenters. The van der Waals surface area contributed by atoms with Crippen molar-refractivity contribution in [2.24, 2.45) is 0 Å². The molecule has 1 aliphatic carbocycles. The monoisotopic (exact) mass is 554 g/mol. The number of carbonyl (C=O) groups excluding carboxylic acids is 1. The van der Waals surface area contributed by atoms with Gasteiger partial charge >= 0.3 is 0 Å². The normalized spacial score (nSPS) is 24.1.